The monoisotopic (exact) mass is 418 g/mol. The van der Waals surface area contributed by atoms with Crippen LogP contribution in [0.1, 0.15) is 25.1 Å². The maximum atomic E-state index is 12.5. The Hall–Kier alpha value is -2.96. The molecule has 1 amide bonds. The Morgan fingerprint density at radius 3 is 2.75 bits per heavy atom. The fourth-order valence-electron chi connectivity index (χ4n) is 2.18. The second-order valence-corrected chi connectivity index (χ2v) is 6.58. The van der Waals surface area contributed by atoms with Crippen LogP contribution in [-0.4, -0.2) is 36.6 Å². The van der Waals surface area contributed by atoms with E-state index in [2.05, 4.69) is 15.2 Å². The summed E-state index contributed by atoms with van der Waals surface area (Å²) >= 11 is 5.00. The van der Waals surface area contributed by atoms with Crippen LogP contribution < -0.4 is 11.0 Å². The molecule has 2 rings (SSSR count). The third-order valence-corrected chi connectivity index (χ3v) is 3.70. The topological polar surface area (TPSA) is 117 Å². The highest BCUT2D eigenvalue weighted by Crippen LogP contribution is 2.27. The molecule has 0 atom stereocenters. The second kappa shape index (κ2) is 8.37. The summed E-state index contributed by atoms with van der Waals surface area (Å²) in [4.78, 5) is 26.1. The number of carbonyl (C=O) groups is 1. The van der Waals surface area contributed by atoms with Crippen LogP contribution in [0.5, 0.6) is 5.88 Å². The molecular formula is C15H17F3N6O3S. The average Bonchev–Trinajstić information content (AvgIpc) is 3.03. The van der Waals surface area contributed by atoms with E-state index in [4.69, 9.17) is 12.2 Å². The van der Waals surface area contributed by atoms with Gasteiger partial charge in [0, 0.05) is 12.7 Å². The van der Waals surface area contributed by atoms with E-state index in [1.165, 1.54) is 4.57 Å². The van der Waals surface area contributed by atoms with Crippen molar-refractivity contribution in [2.24, 2.45) is 11.0 Å². The SMILES string of the molecule is CC(C)Cn1c(O)c(C=NNC(=O)Cn2ccc(C(F)(F)F)n2)c(=O)[nH]c1=S. The molecule has 0 aliphatic rings. The third-order valence-electron chi connectivity index (χ3n) is 3.37. The van der Waals surface area contributed by atoms with Gasteiger partial charge in [-0.2, -0.15) is 23.4 Å². The lowest BCUT2D eigenvalue weighted by molar-refractivity contribution is -0.141. The number of nitrogens with zero attached hydrogens (tertiary/aromatic N) is 4. The number of hydrazone groups is 1. The first-order valence-corrected chi connectivity index (χ1v) is 8.38. The molecular weight excluding hydrogens is 401 g/mol. The van der Waals surface area contributed by atoms with Crippen LogP contribution in [0.4, 0.5) is 13.2 Å². The summed E-state index contributed by atoms with van der Waals surface area (Å²) in [6.45, 7) is 3.60. The predicted molar refractivity (Wildman–Crippen MR) is 95.4 cm³/mol. The van der Waals surface area contributed by atoms with Crippen LogP contribution in [0, 0.1) is 10.7 Å². The van der Waals surface area contributed by atoms with E-state index >= 15 is 0 Å². The standard InChI is InChI=1S/C15H17F3N6O3S/c1-8(2)6-24-13(27)9(12(26)20-14(24)28)5-19-21-11(25)7-23-4-3-10(22-23)15(16,17)18/h3-5,8,27H,6-7H2,1-2H3,(H,21,25)(H,20,26,28). The lowest BCUT2D eigenvalue weighted by atomic mass is 10.2. The fourth-order valence-corrected chi connectivity index (χ4v) is 2.43. The number of hydrogen-bond acceptors (Lipinski definition) is 6. The number of nitrogens with one attached hydrogen (secondary N) is 2. The smallest absolute Gasteiger partial charge is 0.435 e. The number of hydrogen-bond donors (Lipinski definition) is 3. The molecule has 2 heterocycles. The van der Waals surface area contributed by atoms with Gasteiger partial charge in [0.2, 0.25) is 5.88 Å². The summed E-state index contributed by atoms with van der Waals surface area (Å²) in [5, 5.41) is 17.0. The zero-order chi connectivity index (χ0) is 21.1. The molecule has 0 saturated heterocycles. The second-order valence-electron chi connectivity index (χ2n) is 6.19. The number of aromatic hydroxyl groups is 1. The Bertz CT molecular complexity index is 1010. The van der Waals surface area contributed by atoms with Crippen molar-refractivity contribution in [3.8, 4) is 5.88 Å². The van der Waals surface area contributed by atoms with Gasteiger partial charge in [-0.3, -0.25) is 23.8 Å². The predicted octanol–water partition coefficient (Wildman–Crippen LogP) is 1.63. The van der Waals surface area contributed by atoms with Gasteiger partial charge in [-0.15, -0.1) is 0 Å². The Morgan fingerprint density at radius 1 is 1.50 bits per heavy atom. The summed E-state index contributed by atoms with van der Waals surface area (Å²) in [6.07, 6.45) is -2.69. The number of alkyl halides is 3. The number of aromatic amines is 1. The summed E-state index contributed by atoms with van der Waals surface area (Å²) in [5.74, 6) is -1.06. The van der Waals surface area contributed by atoms with Crippen molar-refractivity contribution in [3.63, 3.8) is 0 Å². The summed E-state index contributed by atoms with van der Waals surface area (Å²) < 4.78 is 39.6. The molecule has 28 heavy (non-hydrogen) atoms. The van der Waals surface area contributed by atoms with Crippen LogP contribution in [-0.2, 0) is 24.1 Å². The van der Waals surface area contributed by atoms with Crippen molar-refractivity contribution < 1.29 is 23.1 Å². The lowest BCUT2D eigenvalue weighted by Crippen LogP contribution is -2.25. The van der Waals surface area contributed by atoms with E-state index in [0.717, 1.165) is 23.2 Å². The fraction of sp³-hybridized carbons (Fsp3) is 0.400. The summed E-state index contributed by atoms with van der Waals surface area (Å²) in [6, 6.07) is 0.734. The van der Waals surface area contributed by atoms with Gasteiger partial charge in [0.05, 0.1) is 6.21 Å². The molecule has 0 bridgehead atoms. The minimum Gasteiger partial charge on any atom is -0.494 e. The molecule has 0 aliphatic heterocycles. The van der Waals surface area contributed by atoms with E-state index in [-0.39, 0.29) is 16.3 Å². The van der Waals surface area contributed by atoms with Gasteiger partial charge in [0.1, 0.15) is 12.1 Å². The molecule has 0 saturated carbocycles. The van der Waals surface area contributed by atoms with Crippen LogP contribution in [0.25, 0.3) is 0 Å². The zero-order valence-electron chi connectivity index (χ0n) is 14.8. The number of halogens is 3. The first kappa shape index (κ1) is 21.3. The molecule has 0 spiro atoms. The molecule has 2 aromatic heterocycles. The minimum absolute atomic E-state index is 0.0385. The van der Waals surface area contributed by atoms with Gasteiger partial charge in [-0.05, 0) is 24.2 Å². The van der Waals surface area contributed by atoms with E-state index in [9.17, 15) is 27.9 Å². The zero-order valence-corrected chi connectivity index (χ0v) is 15.6. The summed E-state index contributed by atoms with van der Waals surface area (Å²) in [7, 11) is 0. The maximum absolute atomic E-state index is 12.5. The highest BCUT2D eigenvalue weighted by Gasteiger charge is 2.33. The minimum atomic E-state index is -4.61. The quantitative estimate of drug-likeness (QED) is 0.375. The van der Waals surface area contributed by atoms with Gasteiger partial charge in [0.15, 0.2) is 10.5 Å². The molecule has 0 unspecified atom stereocenters. The first-order valence-electron chi connectivity index (χ1n) is 7.97. The van der Waals surface area contributed by atoms with Crippen molar-refractivity contribution in [2.75, 3.05) is 0 Å². The van der Waals surface area contributed by atoms with E-state index in [1.54, 1.807) is 0 Å². The normalized spacial score (nSPS) is 12.1. The Morgan fingerprint density at radius 2 is 2.18 bits per heavy atom. The van der Waals surface area contributed by atoms with Gasteiger partial charge in [-0.1, -0.05) is 13.8 Å². The average molecular weight is 418 g/mol. The molecule has 152 valence electrons. The largest absolute Gasteiger partial charge is 0.494 e. The van der Waals surface area contributed by atoms with Gasteiger partial charge in [0.25, 0.3) is 11.5 Å². The van der Waals surface area contributed by atoms with Gasteiger partial charge in [-0.25, -0.2) is 5.43 Å². The molecule has 3 N–H and O–H groups in total. The molecule has 9 nitrogen and oxygen atoms in total. The Balaban J connectivity index is 2.10. The Labute approximate surface area is 161 Å². The van der Waals surface area contributed by atoms with Gasteiger partial charge < -0.3 is 5.11 Å². The molecule has 13 heteroatoms. The first-order chi connectivity index (χ1) is 13.0. The van der Waals surface area contributed by atoms with Crippen molar-refractivity contribution in [3.05, 3.63) is 38.6 Å². The number of amides is 1. The van der Waals surface area contributed by atoms with Crippen LogP contribution in [0.15, 0.2) is 22.2 Å². The molecule has 0 aliphatic carbocycles. The van der Waals surface area contributed by atoms with Crippen molar-refractivity contribution >= 4 is 24.3 Å². The van der Waals surface area contributed by atoms with Gasteiger partial charge >= 0.3 is 6.18 Å². The van der Waals surface area contributed by atoms with E-state index in [1.807, 2.05) is 19.3 Å². The highest BCUT2D eigenvalue weighted by atomic mass is 32.1. The van der Waals surface area contributed by atoms with Crippen molar-refractivity contribution in [1.82, 2.24) is 24.8 Å². The van der Waals surface area contributed by atoms with Crippen molar-refractivity contribution in [2.45, 2.75) is 33.1 Å². The molecule has 2 aromatic rings. The highest BCUT2D eigenvalue weighted by molar-refractivity contribution is 7.71. The van der Waals surface area contributed by atoms with Crippen LogP contribution in [0.3, 0.4) is 0 Å². The van der Waals surface area contributed by atoms with Crippen LogP contribution >= 0.6 is 12.2 Å². The number of carbonyl (C=O) groups excluding carboxylic acids is 1. The molecule has 0 radical (unpaired) electrons. The van der Waals surface area contributed by atoms with Crippen LogP contribution in [0.2, 0.25) is 0 Å². The third kappa shape index (κ3) is 5.28. The number of rotatable bonds is 6. The van der Waals surface area contributed by atoms with E-state index < -0.39 is 35.8 Å². The Kier molecular flexibility index (Phi) is 6.38. The number of H-pyrrole nitrogens is 1. The molecule has 0 fully saturated rings. The maximum Gasteiger partial charge on any atom is 0.435 e. The van der Waals surface area contributed by atoms with Crippen molar-refractivity contribution in [1.29, 1.82) is 0 Å². The molecule has 0 aromatic carbocycles. The lowest BCUT2D eigenvalue weighted by Gasteiger charge is -2.12. The summed E-state index contributed by atoms with van der Waals surface area (Å²) in [5.41, 5.74) is -0.0146. The van der Waals surface area contributed by atoms with E-state index in [0.29, 0.717) is 6.54 Å². The number of aromatic nitrogens is 4.